The van der Waals surface area contributed by atoms with Crippen LogP contribution in [0.3, 0.4) is 0 Å². The Bertz CT molecular complexity index is 902. The van der Waals surface area contributed by atoms with Crippen LogP contribution in [-0.2, 0) is 21.4 Å². The summed E-state index contributed by atoms with van der Waals surface area (Å²) in [6, 6.07) is 7.41. The first kappa shape index (κ1) is 20.5. The van der Waals surface area contributed by atoms with E-state index in [9.17, 15) is 13.2 Å². The zero-order valence-electron chi connectivity index (χ0n) is 16.3. The van der Waals surface area contributed by atoms with E-state index in [1.165, 1.54) is 21.2 Å². The van der Waals surface area contributed by atoms with Crippen molar-refractivity contribution < 1.29 is 13.2 Å². The number of thiophene rings is 1. The highest BCUT2D eigenvalue weighted by Crippen LogP contribution is 2.27. The Kier molecular flexibility index (Phi) is 6.29. The summed E-state index contributed by atoms with van der Waals surface area (Å²) in [6.07, 6.45) is 4.85. The maximum absolute atomic E-state index is 12.9. The number of hydrogen-bond donors (Lipinski definition) is 0. The Hall–Kier alpha value is -1.81. The molecular weight excluding hydrogens is 408 g/mol. The van der Waals surface area contributed by atoms with E-state index in [1.807, 2.05) is 17.2 Å². The second-order valence-corrected chi connectivity index (χ2v) is 10.7. The molecule has 2 aromatic rings. The van der Waals surface area contributed by atoms with Gasteiger partial charge in [-0.25, -0.2) is 8.42 Å². The first-order valence-corrected chi connectivity index (χ1v) is 12.3. The van der Waals surface area contributed by atoms with Crippen molar-refractivity contribution in [2.75, 3.05) is 39.3 Å². The molecule has 0 aliphatic carbocycles. The third kappa shape index (κ3) is 4.69. The van der Waals surface area contributed by atoms with Crippen molar-refractivity contribution in [3.05, 3.63) is 47.6 Å². The molecule has 0 unspecified atom stereocenters. The van der Waals surface area contributed by atoms with Gasteiger partial charge in [0.15, 0.2) is 0 Å². The number of sulfonamides is 1. The van der Waals surface area contributed by atoms with Crippen LogP contribution in [0.25, 0.3) is 0 Å². The van der Waals surface area contributed by atoms with Crippen molar-refractivity contribution >= 4 is 27.3 Å². The van der Waals surface area contributed by atoms with E-state index in [-0.39, 0.29) is 11.8 Å². The van der Waals surface area contributed by atoms with Crippen molar-refractivity contribution in [1.29, 1.82) is 0 Å². The van der Waals surface area contributed by atoms with Crippen LogP contribution in [0, 0.1) is 5.92 Å². The largest absolute Gasteiger partial charge is 0.340 e. The molecule has 0 radical (unpaired) electrons. The summed E-state index contributed by atoms with van der Waals surface area (Å²) in [6.45, 7) is 4.85. The van der Waals surface area contributed by atoms with E-state index in [0.717, 1.165) is 32.7 Å². The Morgan fingerprint density at radius 2 is 1.83 bits per heavy atom. The fraction of sp³-hybridized carbons (Fsp3) is 0.500. The molecule has 0 atom stereocenters. The van der Waals surface area contributed by atoms with Gasteiger partial charge in [0, 0.05) is 64.1 Å². The van der Waals surface area contributed by atoms with Gasteiger partial charge in [0.1, 0.15) is 4.21 Å². The van der Waals surface area contributed by atoms with Crippen molar-refractivity contribution in [2.45, 2.75) is 23.6 Å². The van der Waals surface area contributed by atoms with Gasteiger partial charge < -0.3 is 4.90 Å². The second kappa shape index (κ2) is 8.91. The van der Waals surface area contributed by atoms with Gasteiger partial charge in [-0.3, -0.25) is 14.7 Å². The molecule has 2 aliphatic rings. The van der Waals surface area contributed by atoms with Gasteiger partial charge in [-0.05, 0) is 35.9 Å². The molecule has 4 heterocycles. The van der Waals surface area contributed by atoms with Gasteiger partial charge in [-0.15, -0.1) is 11.3 Å². The number of carbonyl (C=O) groups excluding carboxylic acids is 1. The van der Waals surface area contributed by atoms with Crippen LogP contribution < -0.4 is 0 Å². The predicted molar refractivity (Wildman–Crippen MR) is 112 cm³/mol. The summed E-state index contributed by atoms with van der Waals surface area (Å²) in [7, 11) is -3.41. The maximum Gasteiger partial charge on any atom is 0.252 e. The van der Waals surface area contributed by atoms with E-state index in [4.69, 9.17) is 0 Å². The zero-order valence-corrected chi connectivity index (χ0v) is 17.9. The smallest absolute Gasteiger partial charge is 0.252 e. The first-order chi connectivity index (χ1) is 14.0. The zero-order chi connectivity index (χ0) is 20.3. The molecule has 156 valence electrons. The van der Waals surface area contributed by atoms with Crippen molar-refractivity contribution in [3.63, 3.8) is 0 Å². The maximum atomic E-state index is 12.9. The Balaban J connectivity index is 1.26. The molecule has 9 heteroatoms. The van der Waals surface area contributed by atoms with Crippen molar-refractivity contribution in [1.82, 2.24) is 19.1 Å². The molecule has 0 spiro atoms. The molecule has 4 rings (SSSR count). The quantitative estimate of drug-likeness (QED) is 0.719. The third-order valence-electron chi connectivity index (χ3n) is 5.71. The molecule has 2 aromatic heterocycles. The van der Waals surface area contributed by atoms with Gasteiger partial charge in [0.2, 0.25) is 5.91 Å². The van der Waals surface area contributed by atoms with Gasteiger partial charge in [0.25, 0.3) is 10.0 Å². The highest BCUT2D eigenvalue weighted by molar-refractivity contribution is 7.91. The van der Waals surface area contributed by atoms with Crippen LogP contribution in [0.4, 0.5) is 0 Å². The molecule has 0 bridgehead atoms. The summed E-state index contributed by atoms with van der Waals surface area (Å²) in [5, 5.41) is 1.77. The highest BCUT2D eigenvalue weighted by Gasteiger charge is 2.34. The van der Waals surface area contributed by atoms with Gasteiger partial charge >= 0.3 is 0 Å². The topological polar surface area (TPSA) is 73.8 Å². The summed E-state index contributed by atoms with van der Waals surface area (Å²) in [5.41, 5.74) is 1.19. The molecular formula is C20H26N4O3S2. The average Bonchev–Trinajstić information content (AvgIpc) is 3.31. The number of aromatic nitrogens is 1. The predicted octanol–water partition coefficient (Wildman–Crippen LogP) is 1.89. The molecule has 2 saturated heterocycles. The summed E-state index contributed by atoms with van der Waals surface area (Å²) >= 11 is 1.24. The Morgan fingerprint density at radius 3 is 2.45 bits per heavy atom. The fourth-order valence-corrected chi connectivity index (χ4v) is 6.63. The molecule has 2 fully saturated rings. The minimum absolute atomic E-state index is 0.0744. The number of rotatable bonds is 5. The number of piperidine rings is 1. The Labute approximate surface area is 176 Å². The lowest BCUT2D eigenvalue weighted by atomic mass is 9.96. The molecule has 0 aromatic carbocycles. The van der Waals surface area contributed by atoms with E-state index in [1.54, 1.807) is 23.7 Å². The van der Waals surface area contributed by atoms with Crippen LogP contribution >= 0.6 is 11.3 Å². The number of piperazine rings is 1. The lowest BCUT2D eigenvalue weighted by molar-refractivity contribution is -0.138. The van der Waals surface area contributed by atoms with Crippen LogP contribution in [0.15, 0.2) is 46.2 Å². The van der Waals surface area contributed by atoms with Gasteiger partial charge in [-0.1, -0.05) is 12.1 Å². The van der Waals surface area contributed by atoms with Crippen LogP contribution in [0.2, 0.25) is 0 Å². The number of carbonyl (C=O) groups is 1. The summed E-state index contributed by atoms with van der Waals surface area (Å²) < 4.78 is 27.2. The SMILES string of the molecule is O=C(C1CCN(S(=O)(=O)c2cccs2)CC1)N1CCN(Cc2cccnc2)CC1. The summed E-state index contributed by atoms with van der Waals surface area (Å²) in [5.74, 6) is 0.105. The van der Waals surface area contributed by atoms with Gasteiger partial charge in [-0.2, -0.15) is 4.31 Å². The van der Waals surface area contributed by atoms with E-state index >= 15 is 0 Å². The standard InChI is InChI=1S/C20H26N4O3S2/c25-20(23-12-10-22(11-13-23)16-17-3-1-7-21-15-17)18-5-8-24(9-6-18)29(26,27)19-4-2-14-28-19/h1-4,7,14-15,18H,5-6,8-13,16H2. The highest BCUT2D eigenvalue weighted by atomic mass is 32.2. The van der Waals surface area contributed by atoms with Crippen LogP contribution in [-0.4, -0.2) is 72.7 Å². The minimum atomic E-state index is -3.41. The first-order valence-electron chi connectivity index (χ1n) is 9.98. The normalized spacial score (nSPS) is 20.1. The van der Waals surface area contributed by atoms with E-state index < -0.39 is 10.0 Å². The number of pyridine rings is 1. The lowest BCUT2D eigenvalue weighted by Gasteiger charge is -2.38. The fourth-order valence-electron chi connectivity index (χ4n) is 4.02. The Morgan fingerprint density at radius 1 is 1.07 bits per heavy atom. The molecule has 29 heavy (non-hydrogen) atoms. The van der Waals surface area contributed by atoms with E-state index in [2.05, 4.69) is 16.0 Å². The minimum Gasteiger partial charge on any atom is -0.340 e. The number of amides is 1. The monoisotopic (exact) mass is 434 g/mol. The third-order valence-corrected chi connectivity index (χ3v) is 8.98. The average molecular weight is 435 g/mol. The molecule has 0 N–H and O–H groups in total. The van der Waals surface area contributed by atoms with Crippen LogP contribution in [0.1, 0.15) is 18.4 Å². The molecule has 7 nitrogen and oxygen atoms in total. The lowest BCUT2D eigenvalue weighted by Crippen LogP contribution is -2.51. The van der Waals surface area contributed by atoms with Crippen molar-refractivity contribution in [2.24, 2.45) is 5.92 Å². The molecule has 1 amide bonds. The van der Waals surface area contributed by atoms with Crippen molar-refractivity contribution in [3.8, 4) is 0 Å². The van der Waals surface area contributed by atoms with E-state index in [0.29, 0.717) is 30.1 Å². The van der Waals surface area contributed by atoms with Gasteiger partial charge in [0.05, 0.1) is 0 Å². The van der Waals surface area contributed by atoms with Crippen LogP contribution in [0.5, 0.6) is 0 Å². The summed E-state index contributed by atoms with van der Waals surface area (Å²) in [4.78, 5) is 21.4. The number of nitrogens with zero attached hydrogens (tertiary/aromatic N) is 4. The number of hydrogen-bond acceptors (Lipinski definition) is 6. The molecule has 2 aliphatic heterocycles. The molecule has 0 saturated carbocycles. The second-order valence-electron chi connectivity index (χ2n) is 7.57.